The van der Waals surface area contributed by atoms with Crippen LogP contribution in [-0.4, -0.2) is 27.2 Å². The second-order valence-electron chi connectivity index (χ2n) is 7.19. The highest BCUT2D eigenvalue weighted by Gasteiger charge is 2.51. The minimum absolute atomic E-state index is 0.0399. The summed E-state index contributed by atoms with van der Waals surface area (Å²) in [6.07, 6.45) is 2.80. The summed E-state index contributed by atoms with van der Waals surface area (Å²) in [7, 11) is 0. The zero-order valence-electron chi connectivity index (χ0n) is 14.3. The van der Waals surface area contributed by atoms with E-state index in [0.717, 1.165) is 25.8 Å². The lowest BCUT2D eigenvalue weighted by molar-refractivity contribution is -0.141. The van der Waals surface area contributed by atoms with Crippen molar-refractivity contribution < 1.29 is 5.11 Å². The summed E-state index contributed by atoms with van der Waals surface area (Å²) in [5, 5.41) is 10.6. The molecule has 0 amide bonds. The number of hydrogen-bond acceptors (Lipinski definition) is 2. The smallest absolute Gasteiger partial charge is 0.0600 e. The molecule has 0 aliphatic carbocycles. The molecule has 1 aliphatic rings. The summed E-state index contributed by atoms with van der Waals surface area (Å²) < 4.78 is 0. The first-order chi connectivity index (χ1) is 9.87. The van der Waals surface area contributed by atoms with Gasteiger partial charge in [-0.25, -0.2) is 0 Å². The highest BCUT2D eigenvalue weighted by Crippen LogP contribution is 2.46. The van der Waals surface area contributed by atoms with Gasteiger partial charge in [-0.3, -0.25) is 4.90 Å². The summed E-state index contributed by atoms with van der Waals surface area (Å²) in [6.45, 7) is 12.3. The molecule has 21 heavy (non-hydrogen) atoms. The van der Waals surface area contributed by atoms with Crippen LogP contribution in [0.1, 0.15) is 59.4 Å². The fourth-order valence-electron chi connectivity index (χ4n) is 4.00. The van der Waals surface area contributed by atoms with E-state index in [9.17, 15) is 5.11 Å². The Hall–Kier alpha value is -0.860. The number of nitrogens with zero attached hydrogens (tertiary/aromatic N) is 1. The highest BCUT2D eigenvalue weighted by molar-refractivity contribution is 5.17. The molecule has 4 unspecified atom stereocenters. The van der Waals surface area contributed by atoms with Gasteiger partial charge in [0.1, 0.15) is 0 Å². The molecule has 0 aromatic heterocycles. The van der Waals surface area contributed by atoms with Crippen LogP contribution in [-0.2, 0) is 6.54 Å². The lowest BCUT2D eigenvalue weighted by Crippen LogP contribution is -2.67. The molecule has 0 saturated carbocycles. The van der Waals surface area contributed by atoms with Crippen LogP contribution in [0.15, 0.2) is 30.3 Å². The predicted octanol–water partition coefficient (Wildman–Crippen LogP) is 4.23. The Balaban J connectivity index is 2.39. The number of likely N-dealkylation sites (tertiary alicyclic amines) is 1. The lowest BCUT2D eigenvalue weighted by atomic mass is 9.68. The van der Waals surface area contributed by atoms with Crippen molar-refractivity contribution in [2.75, 3.05) is 0 Å². The lowest BCUT2D eigenvalue weighted by Gasteiger charge is -2.60. The van der Waals surface area contributed by atoms with Crippen LogP contribution in [0.5, 0.6) is 0 Å². The molecule has 1 heterocycles. The summed E-state index contributed by atoms with van der Waals surface area (Å²) in [5.41, 5.74) is 1.46. The molecular formula is C19H31NO. The fourth-order valence-corrected chi connectivity index (χ4v) is 4.00. The van der Waals surface area contributed by atoms with E-state index in [0.29, 0.717) is 5.92 Å². The van der Waals surface area contributed by atoms with Crippen LogP contribution >= 0.6 is 0 Å². The maximum absolute atomic E-state index is 10.6. The van der Waals surface area contributed by atoms with Gasteiger partial charge in [0.15, 0.2) is 0 Å². The molecule has 2 nitrogen and oxygen atoms in total. The molecule has 2 rings (SSSR count). The van der Waals surface area contributed by atoms with E-state index in [1.54, 1.807) is 0 Å². The van der Waals surface area contributed by atoms with Crippen LogP contribution in [0, 0.1) is 5.92 Å². The number of rotatable bonds is 4. The third-order valence-corrected chi connectivity index (χ3v) is 6.14. The van der Waals surface area contributed by atoms with Gasteiger partial charge in [0.05, 0.1) is 6.10 Å². The first kappa shape index (κ1) is 16.5. The van der Waals surface area contributed by atoms with Crippen LogP contribution in [0.25, 0.3) is 0 Å². The Morgan fingerprint density at radius 3 is 2.29 bits per heavy atom. The predicted molar refractivity (Wildman–Crippen MR) is 89.2 cm³/mol. The summed E-state index contributed by atoms with van der Waals surface area (Å²) in [5.74, 6) is 0.297. The molecule has 1 aliphatic heterocycles. The van der Waals surface area contributed by atoms with E-state index in [1.807, 2.05) is 0 Å². The third-order valence-electron chi connectivity index (χ3n) is 6.14. The van der Waals surface area contributed by atoms with E-state index in [1.165, 1.54) is 5.56 Å². The Labute approximate surface area is 130 Å². The molecule has 0 bridgehead atoms. The van der Waals surface area contributed by atoms with Gasteiger partial charge in [-0.1, -0.05) is 51.1 Å². The number of hydrogen-bond donors (Lipinski definition) is 1. The Bertz CT molecular complexity index is 460. The fraction of sp³-hybridized carbons (Fsp3) is 0.684. The highest BCUT2D eigenvalue weighted by atomic mass is 16.3. The number of benzene rings is 1. The molecule has 118 valence electrons. The van der Waals surface area contributed by atoms with Crippen molar-refractivity contribution in [2.45, 2.75) is 77.6 Å². The second kappa shape index (κ2) is 6.10. The molecule has 4 atom stereocenters. The van der Waals surface area contributed by atoms with Gasteiger partial charge < -0.3 is 5.11 Å². The van der Waals surface area contributed by atoms with Crippen molar-refractivity contribution in [1.82, 2.24) is 4.90 Å². The van der Waals surface area contributed by atoms with Gasteiger partial charge in [0.25, 0.3) is 0 Å². The molecular weight excluding hydrogens is 258 g/mol. The van der Waals surface area contributed by atoms with Crippen LogP contribution < -0.4 is 0 Å². The van der Waals surface area contributed by atoms with Crippen molar-refractivity contribution in [2.24, 2.45) is 5.92 Å². The molecule has 2 heteroatoms. The quantitative estimate of drug-likeness (QED) is 0.896. The number of piperidine rings is 1. The SMILES string of the molecule is CCC1(C)CC(O)C(C)C(C)(CC)N1Cc1ccccc1. The van der Waals surface area contributed by atoms with Crippen LogP contribution in [0.4, 0.5) is 0 Å². The van der Waals surface area contributed by atoms with Crippen LogP contribution in [0.2, 0.25) is 0 Å². The summed E-state index contributed by atoms with van der Waals surface area (Å²) in [4.78, 5) is 2.66. The average molecular weight is 289 g/mol. The standard InChI is InChI=1S/C19H31NO/c1-6-18(4)13-17(21)15(3)19(5,7-2)20(18)14-16-11-9-8-10-12-16/h8-12,15,17,21H,6-7,13-14H2,1-5H3. The second-order valence-corrected chi connectivity index (χ2v) is 7.19. The zero-order valence-corrected chi connectivity index (χ0v) is 14.3. The first-order valence-corrected chi connectivity index (χ1v) is 8.37. The van der Waals surface area contributed by atoms with E-state index in [2.05, 4.69) is 69.9 Å². The zero-order chi connectivity index (χ0) is 15.7. The Kier molecular flexibility index (Phi) is 4.79. The van der Waals surface area contributed by atoms with Gasteiger partial charge in [-0.2, -0.15) is 0 Å². The molecule has 1 aromatic carbocycles. The summed E-state index contributed by atoms with van der Waals surface area (Å²) >= 11 is 0. The van der Waals surface area contributed by atoms with Gasteiger partial charge in [0, 0.05) is 23.5 Å². The van der Waals surface area contributed by atoms with Crippen molar-refractivity contribution in [3.8, 4) is 0 Å². The van der Waals surface area contributed by atoms with E-state index in [4.69, 9.17) is 0 Å². The number of aliphatic hydroxyl groups is 1. The van der Waals surface area contributed by atoms with Crippen LogP contribution in [0.3, 0.4) is 0 Å². The molecule has 1 saturated heterocycles. The van der Waals surface area contributed by atoms with Crippen molar-refractivity contribution in [3.05, 3.63) is 35.9 Å². The van der Waals surface area contributed by atoms with E-state index < -0.39 is 0 Å². The van der Waals surface area contributed by atoms with E-state index in [-0.39, 0.29) is 17.2 Å². The molecule has 1 fully saturated rings. The van der Waals surface area contributed by atoms with E-state index >= 15 is 0 Å². The topological polar surface area (TPSA) is 23.5 Å². The Morgan fingerprint density at radius 1 is 1.14 bits per heavy atom. The first-order valence-electron chi connectivity index (χ1n) is 8.37. The van der Waals surface area contributed by atoms with Gasteiger partial charge in [0.2, 0.25) is 0 Å². The normalized spacial score (nSPS) is 37.6. The molecule has 0 radical (unpaired) electrons. The largest absolute Gasteiger partial charge is 0.393 e. The van der Waals surface area contributed by atoms with Gasteiger partial charge in [-0.05, 0) is 38.7 Å². The summed E-state index contributed by atoms with van der Waals surface area (Å²) in [6, 6.07) is 10.7. The maximum atomic E-state index is 10.6. The maximum Gasteiger partial charge on any atom is 0.0600 e. The minimum atomic E-state index is -0.202. The molecule has 1 N–H and O–H groups in total. The molecule has 0 spiro atoms. The van der Waals surface area contributed by atoms with Gasteiger partial charge >= 0.3 is 0 Å². The van der Waals surface area contributed by atoms with Crippen molar-refractivity contribution in [3.63, 3.8) is 0 Å². The average Bonchev–Trinajstić information content (AvgIpc) is 2.50. The third kappa shape index (κ3) is 2.89. The molecule has 1 aromatic rings. The van der Waals surface area contributed by atoms with Crippen molar-refractivity contribution in [1.29, 1.82) is 0 Å². The number of aliphatic hydroxyl groups excluding tert-OH is 1. The minimum Gasteiger partial charge on any atom is -0.393 e. The van der Waals surface area contributed by atoms with Crippen molar-refractivity contribution >= 4 is 0 Å². The van der Waals surface area contributed by atoms with Gasteiger partial charge in [-0.15, -0.1) is 0 Å². The Morgan fingerprint density at radius 2 is 1.76 bits per heavy atom. The monoisotopic (exact) mass is 289 g/mol.